The maximum absolute atomic E-state index is 12.8. The van der Waals surface area contributed by atoms with Crippen molar-refractivity contribution in [1.29, 1.82) is 0 Å². The first-order valence-corrected chi connectivity index (χ1v) is 16.9. The number of phenols is 2. The van der Waals surface area contributed by atoms with Crippen LogP contribution < -0.4 is 21.7 Å². The number of rotatable bonds is 19. The first-order valence-electron chi connectivity index (χ1n) is 16.9. The molecule has 0 heterocycles. The van der Waals surface area contributed by atoms with Gasteiger partial charge in [0.25, 0.3) is 11.8 Å². The SMILES string of the molecule is CCCCCc1ccc(C(=O)NNC(=O)C(C)CCCCC(CCC)C(=O)NNC(=O)c2ccc(CCCCC)cc2O)c(O)c1. The third-order valence-electron chi connectivity index (χ3n) is 8.25. The van der Waals surface area contributed by atoms with E-state index in [9.17, 15) is 29.4 Å². The van der Waals surface area contributed by atoms with Gasteiger partial charge in [0, 0.05) is 11.8 Å². The second-order valence-electron chi connectivity index (χ2n) is 12.2. The summed E-state index contributed by atoms with van der Waals surface area (Å²) >= 11 is 0. The van der Waals surface area contributed by atoms with E-state index in [0.29, 0.717) is 32.1 Å². The molecule has 4 amide bonds. The summed E-state index contributed by atoms with van der Waals surface area (Å²) in [5.41, 5.74) is 11.9. The minimum Gasteiger partial charge on any atom is -0.507 e. The number of aromatic hydroxyl groups is 2. The van der Waals surface area contributed by atoms with Crippen molar-refractivity contribution >= 4 is 23.6 Å². The van der Waals surface area contributed by atoms with Crippen molar-refractivity contribution in [3.63, 3.8) is 0 Å². The molecule has 254 valence electrons. The van der Waals surface area contributed by atoms with E-state index in [2.05, 4.69) is 35.6 Å². The number of unbranched alkanes of at least 4 members (excludes halogenated alkanes) is 5. The van der Waals surface area contributed by atoms with Crippen LogP contribution in [0.3, 0.4) is 0 Å². The van der Waals surface area contributed by atoms with Gasteiger partial charge in [-0.1, -0.05) is 84.8 Å². The Kier molecular flexibility index (Phi) is 17.3. The summed E-state index contributed by atoms with van der Waals surface area (Å²) in [5, 5.41) is 20.6. The fourth-order valence-corrected chi connectivity index (χ4v) is 5.33. The van der Waals surface area contributed by atoms with Gasteiger partial charge in [-0.3, -0.25) is 40.9 Å². The number of amides is 4. The Labute approximate surface area is 274 Å². The zero-order valence-corrected chi connectivity index (χ0v) is 28.0. The van der Waals surface area contributed by atoms with Crippen LogP contribution in [0.15, 0.2) is 36.4 Å². The van der Waals surface area contributed by atoms with Crippen LogP contribution in [0.4, 0.5) is 0 Å². The lowest BCUT2D eigenvalue weighted by Gasteiger charge is -2.17. The van der Waals surface area contributed by atoms with Gasteiger partial charge in [0.15, 0.2) is 0 Å². The van der Waals surface area contributed by atoms with E-state index in [1.807, 2.05) is 19.1 Å². The summed E-state index contributed by atoms with van der Waals surface area (Å²) in [4.78, 5) is 50.5. The van der Waals surface area contributed by atoms with Gasteiger partial charge in [-0.05, 0) is 80.3 Å². The number of hydrazine groups is 2. The van der Waals surface area contributed by atoms with Crippen LogP contribution in [0.25, 0.3) is 0 Å². The van der Waals surface area contributed by atoms with Crippen LogP contribution in [0.1, 0.15) is 137 Å². The molecule has 10 nitrogen and oxygen atoms in total. The average molecular weight is 639 g/mol. The number of hydrogen-bond acceptors (Lipinski definition) is 6. The Morgan fingerprint density at radius 3 is 1.52 bits per heavy atom. The van der Waals surface area contributed by atoms with E-state index in [1.54, 1.807) is 31.2 Å². The smallest absolute Gasteiger partial charge is 0.273 e. The van der Waals surface area contributed by atoms with E-state index < -0.39 is 11.8 Å². The Hall–Kier alpha value is -4.08. The summed E-state index contributed by atoms with van der Waals surface area (Å²) in [7, 11) is 0. The van der Waals surface area contributed by atoms with Crippen LogP contribution in [0, 0.1) is 11.8 Å². The normalized spacial score (nSPS) is 12.2. The maximum Gasteiger partial charge on any atom is 0.273 e. The van der Waals surface area contributed by atoms with Crippen molar-refractivity contribution in [3.05, 3.63) is 58.7 Å². The van der Waals surface area contributed by atoms with Crippen LogP contribution in [-0.4, -0.2) is 33.8 Å². The Morgan fingerprint density at radius 1 is 0.587 bits per heavy atom. The lowest BCUT2D eigenvalue weighted by molar-refractivity contribution is -0.127. The van der Waals surface area contributed by atoms with Gasteiger partial charge in [-0.25, -0.2) is 0 Å². The molecule has 2 aromatic carbocycles. The molecule has 0 aromatic heterocycles. The van der Waals surface area contributed by atoms with E-state index in [1.165, 1.54) is 0 Å². The van der Waals surface area contributed by atoms with E-state index >= 15 is 0 Å². The highest BCUT2D eigenvalue weighted by Crippen LogP contribution is 2.22. The van der Waals surface area contributed by atoms with Crippen molar-refractivity contribution in [1.82, 2.24) is 21.7 Å². The molecule has 2 unspecified atom stereocenters. The monoisotopic (exact) mass is 638 g/mol. The number of nitrogens with one attached hydrogen (secondary N) is 4. The topological polar surface area (TPSA) is 157 Å². The van der Waals surface area contributed by atoms with Gasteiger partial charge in [-0.15, -0.1) is 0 Å². The molecular formula is C36H54N4O6. The predicted octanol–water partition coefficient (Wildman–Crippen LogP) is 6.40. The Bertz CT molecular complexity index is 1280. The third-order valence-corrected chi connectivity index (χ3v) is 8.25. The van der Waals surface area contributed by atoms with Crippen molar-refractivity contribution < 1.29 is 29.4 Å². The first-order chi connectivity index (χ1) is 22.1. The van der Waals surface area contributed by atoms with E-state index in [0.717, 1.165) is 68.9 Å². The van der Waals surface area contributed by atoms with Crippen LogP contribution in [0.2, 0.25) is 0 Å². The second kappa shape index (κ2) is 20.9. The van der Waals surface area contributed by atoms with Crippen molar-refractivity contribution in [3.8, 4) is 11.5 Å². The largest absolute Gasteiger partial charge is 0.507 e. The summed E-state index contributed by atoms with van der Waals surface area (Å²) in [5.74, 6) is -2.73. The molecule has 2 aromatic rings. The lowest BCUT2D eigenvalue weighted by atomic mass is 9.94. The number of aryl methyl sites for hydroxylation is 2. The molecule has 10 heteroatoms. The van der Waals surface area contributed by atoms with Gasteiger partial charge < -0.3 is 10.2 Å². The summed E-state index contributed by atoms with van der Waals surface area (Å²) in [6.45, 7) is 8.00. The average Bonchev–Trinajstić information content (AvgIpc) is 3.03. The molecule has 0 aliphatic rings. The number of carbonyl (C=O) groups is 4. The second-order valence-corrected chi connectivity index (χ2v) is 12.2. The molecule has 2 atom stereocenters. The first kappa shape index (κ1) is 38.1. The third kappa shape index (κ3) is 13.1. The Balaban J connectivity index is 1.74. The van der Waals surface area contributed by atoms with Gasteiger partial charge in [0.2, 0.25) is 11.8 Å². The van der Waals surface area contributed by atoms with E-state index in [4.69, 9.17) is 0 Å². The molecule has 46 heavy (non-hydrogen) atoms. The van der Waals surface area contributed by atoms with Gasteiger partial charge in [0.1, 0.15) is 11.5 Å². The number of hydrogen-bond donors (Lipinski definition) is 6. The van der Waals surface area contributed by atoms with E-state index in [-0.39, 0.29) is 46.3 Å². The zero-order valence-electron chi connectivity index (χ0n) is 28.0. The fourth-order valence-electron chi connectivity index (χ4n) is 5.33. The molecule has 0 saturated carbocycles. The number of phenolic OH excluding ortho intramolecular Hbond substituents is 2. The molecular weight excluding hydrogens is 584 g/mol. The molecule has 0 radical (unpaired) electrons. The predicted molar refractivity (Wildman–Crippen MR) is 180 cm³/mol. The fraction of sp³-hybridized carbons (Fsp3) is 0.556. The standard InChI is InChI=1S/C36H54N4O6/c1-5-8-10-16-26-19-21-29(31(41)23-26)35(45)39-37-33(43)25(4)15-12-13-18-28(14-7-3)34(44)38-40-36(46)30-22-20-27(24-32(30)42)17-11-9-6-2/h19-25,28,41-42H,5-18H2,1-4H3,(H,37,43)(H,38,44)(H,39,45)(H,40,46). The summed E-state index contributed by atoms with van der Waals surface area (Å²) in [6, 6.07) is 9.95. The Morgan fingerprint density at radius 2 is 1.07 bits per heavy atom. The minimum absolute atomic E-state index is 0.0936. The molecule has 0 aliphatic heterocycles. The molecule has 6 N–H and O–H groups in total. The molecule has 0 aliphatic carbocycles. The lowest BCUT2D eigenvalue weighted by Crippen LogP contribution is -2.44. The molecule has 0 fully saturated rings. The molecule has 0 bridgehead atoms. The quantitative estimate of drug-likeness (QED) is 0.0773. The van der Waals surface area contributed by atoms with Crippen molar-refractivity contribution in [2.24, 2.45) is 11.8 Å². The minimum atomic E-state index is -0.590. The maximum atomic E-state index is 12.8. The van der Waals surface area contributed by atoms with Crippen molar-refractivity contribution in [2.45, 2.75) is 118 Å². The van der Waals surface area contributed by atoms with Gasteiger partial charge >= 0.3 is 0 Å². The van der Waals surface area contributed by atoms with Crippen molar-refractivity contribution in [2.75, 3.05) is 0 Å². The highest BCUT2D eigenvalue weighted by molar-refractivity contribution is 5.98. The zero-order chi connectivity index (χ0) is 33.9. The highest BCUT2D eigenvalue weighted by Gasteiger charge is 2.21. The van der Waals surface area contributed by atoms with Gasteiger partial charge in [0.05, 0.1) is 11.1 Å². The molecule has 2 rings (SSSR count). The van der Waals surface area contributed by atoms with Crippen LogP contribution >= 0.6 is 0 Å². The number of carbonyl (C=O) groups excluding carboxylic acids is 4. The van der Waals surface area contributed by atoms with Crippen LogP contribution in [-0.2, 0) is 22.4 Å². The van der Waals surface area contributed by atoms with Gasteiger partial charge in [-0.2, -0.15) is 0 Å². The van der Waals surface area contributed by atoms with Crippen LogP contribution in [0.5, 0.6) is 11.5 Å². The summed E-state index contributed by atoms with van der Waals surface area (Å²) in [6.07, 6.45) is 12.1. The summed E-state index contributed by atoms with van der Waals surface area (Å²) < 4.78 is 0. The highest BCUT2D eigenvalue weighted by atomic mass is 16.3. The molecule has 0 saturated heterocycles. The molecule has 0 spiro atoms. The number of benzene rings is 2.